The Morgan fingerprint density at radius 1 is 1.17 bits per heavy atom. The number of piperidine rings is 1. The average molecular weight is 415 g/mol. The first-order valence-corrected chi connectivity index (χ1v) is 10.8. The summed E-state index contributed by atoms with van der Waals surface area (Å²) in [6.07, 6.45) is 0.797. The van der Waals surface area contributed by atoms with Gasteiger partial charge in [-0.1, -0.05) is 24.3 Å². The lowest BCUT2D eigenvalue weighted by Crippen LogP contribution is -2.43. The molecule has 1 amide bonds. The maximum absolute atomic E-state index is 13.0. The summed E-state index contributed by atoms with van der Waals surface area (Å²) < 4.78 is 40.1. The van der Waals surface area contributed by atoms with Crippen LogP contribution in [0.2, 0.25) is 0 Å². The van der Waals surface area contributed by atoms with E-state index < -0.39 is 10.0 Å². The van der Waals surface area contributed by atoms with Gasteiger partial charge in [-0.2, -0.15) is 9.57 Å². The summed E-state index contributed by atoms with van der Waals surface area (Å²) in [4.78, 5) is 12.6. The molecule has 29 heavy (non-hydrogen) atoms. The van der Waals surface area contributed by atoms with Crippen molar-refractivity contribution < 1.29 is 17.6 Å². The Morgan fingerprint density at radius 3 is 2.41 bits per heavy atom. The summed E-state index contributed by atoms with van der Waals surface area (Å²) in [6.45, 7) is 2.25. The first kappa shape index (κ1) is 21.0. The van der Waals surface area contributed by atoms with Gasteiger partial charge in [0.15, 0.2) is 0 Å². The molecule has 152 valence electrons. The molecule has 0 aromatic heterocycles. The number of hydrogen-bond acceptors (Lipinski definition) is 4. The summed E-state index contributed by atoms with van der Waals surface area (Å²) >= 11 is 0. The largest absolute Gasteiger partial charge is 0.349 e. The quantitative estimate of drug-likeness (QED) is 0.813. The van der Waals surface area contributed by atoms with Crippen LogP contribution >= 0.6 is 0 Å². The predicted molar refractivity (Wildman–Crippen MR) is 106 cm³/mol. The zero-order valence-electron chi connectivity index (χ0n) is 16.0. The highest BCUT2D eigenvalue weighted by molar-refractivity contribution is 7.89. The van der Waals surface area contributed by atoms with Gasteiger partial charge in [-0.05, 0) is 49.6 Å². The van der Waals surface area contributed by atoms with E-state index in [2.05, 4.69) is 5.32 Å². The van der Waals surface area contributed by atoms with Crippen molar-refractivity contribution in [3.63, 3.8) is 0 Å². The van der Waals surface area contributed by atoms with E-state index in [9.17, 15) is 22.9 Å². The molecule has 1 N–H and O–H groups in total. The van der Waals surface area contributed by atoms with E-state index in [0.29, 0.717) is 12.8 Å². The van der Waals surface area contributed by atoms with Crippen LogP contribution in [0.25, 0.3) is 0 Å². The topological polar surface area (TPSA) is 90.3 Å². The standard InChI is InChI=1S/C21H22FN3O3S/c1-15(16-6-8-19(22)9-7-16)24-21(26)17-10-12-25(13-11-17)29(27,28)20-5-3-2-4-18(20)14-23/h2-9,15,17H,10-13H2,1H3,(H,24,26)/t15-/m1/s1. The van der Waals surface area contributed by atoms with Crippen molar-refractivity contribution in [2.75, 3.05) is 13.1 Å². The number of amides is 1. The molecule has 1 aliphatic rings. The number of sulfonamides is 1. The Bertz CT molecular complexity index is 1020. The van der Waals surface area contributed by atoms with E-state index in [-0.39, 0.29) is 47.2 Å². The normalized spacial score (nSPS) is 16.7. The third-order valence-electron chi connectivity index (χ3n) is 5.18. The minimum atomic E-state index is -3.78. The molecular formula is C21H22FN3O3S. The van der Waals surface area contributed by atoms with Gasteiger partial charge in [-0.3, -0.25) is 4.79 Å². The summed E-state index contributed by atoms with van der Waals surface area (Å²) in [6, 6.07) is 13.7. The van der Waals surface area contributed by atoms with Crippen LogP contribution in [-0.4, -0.2) is 31.7 Å². The molecular weight excluding hydrogens is 393 g/mol. The number of nitrogens with zero attached hydrogens (tertiary/aromatic N) is 2. The van der Waals surface area contributed by atoms with Gasteiger partial charge in [0, 0.05) is 19.0 Å². The number of halogens is 1. The third-order valence-corrected chi connectivity index (χ3v) is 7.14. The zero-order valence-corrected chi connectivity index (χ0v) is 16.8. The highest BCUT2D eigenvalue weighted by Gasteiger charge is 2.33. The minimum Gasteiger partial charge on any atom is -0.349 e. The van der Waals surface area contributed by atoms with Gasteiger partial charge in [0.1, 0.15) is 11.9 Å². The summed E-state index contributed by atoms with van der Waals surface area (Å²) in [5.41, 5.74) is 0.911. The van der Waals surface area contributed by atoms with Crippen molar-refractivity contribution in [3.8, 4) is 6.07 Å². The Labute approximate surface area is 170 Å². The predicted octanol–water partition coefficient (Wildman–Crippen LogP) is 2.98. The smallest absolute Gasteiger partial charge is 0.244 e. The Balaban J connectivity index is 1.62. The van der Waals surface area contributed by atoms with E-state index in [4.69, 9.17) is 0 Å². The van der Waals surface area contributed by atoms with E-state index >= 15 is 0 Å². The minimum absolute atomic E-state index is 0.00432. The zero-order chi connectivity index (χ0) is 21.0. The van der Waals surface area contributed by atoms with E-state index in [1.807, 2.05) is 13.0 Å². The fourth-order valence-electron chi connectivity index (χ4n) is 3.45. The number of carbonyl (C=O) groups is 1. The van der Waals surface area contributed by atoms with Crippen LogP contribution in [0.4, 0.5) is 4.39 Å². The lowest BCUT2D eigenvalue weighted by atomic mass is 9.96. The Kier molecular flexibility index (Phi) is 6.30. The van der Waals surface area contributed by atoms with Crippen molar-refractivity contribution in [1.29, 1.82) is 5.26 Å². The Morgan fingerprint density at radius 2 is 1.79 bits per heavy atom. The number of nitrogens with one attached hydrogen (secondary N) is 1. The van der Waals surface area contributed by atoms with Crippen molar-refractivity contribution >= 4 is 15.9 Å². The highest BCUT2D eigenvalue weighted by atomic mass is 32.2. The lowest BCUT2D eigenvalue weighted by Gasteiger charge is -2.31. The Hall–Kier alpha value is -2.76. The van der Waals surface area contributed by atoms with E-state index in [1.54, 1.807) is 24.3 Å². The molecule has 8 heteroatoms. The van der Waals surface area contributed by atoms with Gasteiger partial charge in [0.05, 0.1) is 16.5 Å². The molecule has 1 atom stereocenters. The van der Waals surface area contributed by atoms with E-state index in [1.165, 1.54) is 28.6 Å². The molecule has 0 unspecified atom stereocenters. The van der Waals surface area contributed by atoms with Crippen molar-refractivity contribution in [2.24, 2.45) is 5.92 Å². The van der Waals surface area contributed by atoms with Gasteiger partial charge >= 0.3 is 0 Å². The third kappa shape index (κ3) is 4.63. The van der Waals surface area contributed by atoms with Crippen LogP contribution in [0.5, 0.6) is 0 Å². The maximum Gasteiger partial charge on any atom is 0.244 e. The number of rotatable bonds is 5. The van der Waals surface area contributed by atoms with Crippen molar-refractivity contribution in [2.45, 2.75) is 30.7 Å². The second-order valence-electron chi connectivity index (χ2n) is 7.07. The number of hydrogen-bond donors (Lipinski definition) is 1. The van der Waals surface area contributed by atoms with Crippen LogP contribution in [-0.2, 0) is 14.8 Å². The van der Waals surface area contributed by atoms with Gasteiger partial charge in [0.2, 0.25) is 15.9 Å². The second kappa shape index (κ2) is 8.72. The molecule has 0 aliphatic carbocycles. The molecule has 0 radical (unpaired) electrons. The number of carbonyl (C=O) groups excluding carboxylic acids is 1. The van der Waals surface area contributed by atoms with Gasteiger partial charge < -0.3 is 5.32 Å². The summed E-state index contributed by atoms with van der Waals surface area (Å²) in [5, 5.41) is 12.1. The first-order valence-electron chi connectivity index (χ1n) is 9.38. The molecule has 2 aromatic rings. The van der Waals surface area contributed by atoms with Crippen LogP contribution in [0.15, 0.2) is 53.4 Å². The molecule has 0 bridgehead atoms. The lowest BCUT2D eigenvalue weighted by molar-refractivity contribution is -0.126. The summed E-state index contributed by atoms with van der Waals surface area (Å²) in [7, 11) is -3.78. The van der Waals surface area contributed by atoms with Crippen molar-refractivity contribution in [1.82, 2.24) is 9.62 Å². The molecule has 0 spiro atoms. The first-order chi connectivity index (χ1) is 13.8. The van der Waals surface area contributed by atoms with Crippen LogP contribution in [0.1, 0.15) is 36.9 Å². The van der Waals surface area contributed by atoms with Gasteiger partial charge in [-0.25, -0.2) is 12.8 Å². The molecule has 0 saturated carbocycles. The molecule has 1 saturated heterocycles. The van der Waals surface area contributed by atoms with Crippen LogP contribution < -0.4 is 5.32 Å². The fraction of sp³-hybridized carbons (Fsp3) is 0.333. The molecule has 2 aromatic carbocycles. The number of benzene rings is 2. The van der Waals surface area contributed by atoms with Crippen LogP contribution in [0, 0.1) is 23.1 Å². The fourth-order valence-corrected chi connectivity index (χ4v) is 5.06. The molecule has 1 aliphatic heterocycles. The molecule has 6 nitrogen and oxygen atoms in total. The van der Waals surface area contributed by atoms with Gasteiger partial charge in [-0.15, -0.1) is 0 Å². The molecule has 1 fully saturated rings. The van der Waals surface area contributed by atoms with Crippen LogP contribution in [0.3, 0.4) is 0 Å². The van der Waals surface area contributed by atoms with Gasteiger partial charge in [0.25, 0.3) is 0 Å². The van der Waals surface area contributed by atoms with Crippen molar-refractivity contribution in [3.05, 3.63) is 65.5 Å². The number of nitriles is 1. The molecule has 1 heterocycles. The van der Waals surface area contributed by atoms with E-state index in [0.717, 1.165) is 5.56 Å². The average Bonchev–Trinajstić information content (AvgIpc) is 2.74. The monoisotopic (exact) mass is 415 g/mol. The summed E-state index contributed by atoms with van der Waals surface area (Å²) in [5.74, 6) is -0.773. The second-order valence-corrected chi connectivity index (χ2v) is 8.97. The SMILES string of the molecule is C[C@@H](NC(=O)C1CCN(S(=O)(=O)c2ccccc2C#N)CC1)c1ccc(F)cc1. The highest BCUT2D eigenvalue weighted by Crippen LogP contribution is 2.26. The maximum atomic E-state index is 13.0. The molecule has 3 rings (SSSR count).